The van der Waals surface area contributed by atoms with Gasteiger partial charge in [0, 0.05) is 33.7 Å². The van der Waals surface area contributed by atoms with E-state index in [9.17, 15) is 0 Å². The summed E-state index contributed by atoms with van der Waals surface area (Å²) in [5.74, 6) is 3.91. The largest absolute Gasteiger partial charge is 0.412 e. The minimum absolute atomic E-state index is 0. The van der Waals surface area contributed by atoms with Crippen LogP contribution in [0.4, 0.5) is 0 Å². The van der Waals surface area contributed by atoms with Crippen LogP contribution in [-0.4, -0.2) is 77.5 Å². The Morgan fingerprint density at radius 1 is 0.343 bits per heavy atom. The van der Waals surface area contributed by atoms with Crippen molar-refractivity contribution in [2.75, 3.05) is 0 Å². The highest BCUT2D eigenvalue weighted by atomic mass is 16.0. The van der Waals surface area contributed by atoms with Gasteiger partial charge in [-0.25, -0.2) is 0 Å². The van der Waals surface area contributed by atoms with E-state index in [2.05, 4.69) is 41.5 Å². The van der Waals surface area contributed by atoms with Crippen molar-refractivity contribution in [3.63, 3.8) is 0 Å². The first-order valence-corrected chi connectivity index (χ1v) is 11.1. The van der Waals surface area contributed by atoms with Gasteiger partial charge in [-0.1, -0.05) is 106 Å². The van der Waals surface area contributed by atoms with E-state index < -0.39 is 0 Å². The third-order valence-corrected chi connectivity index (χ3v) is 6.35. The van der Waals surface area contributed by atoms with Crippen LogP contribution >= 0.6 is 0 Å². The van der Waals surface area contributed by atoms with Crippen molar-refractivity contribution in [1.29, 1.82) is 0 Å². The van der Waals surface area contributed by atoms with Gasteiger partial charge >= 0.3 is 0 Å². The summed E-state index contributed by atoms with van der Waals surface area (Å²) in [6.07, 6.45) is 18.6. The van der Waals surface area contributed by atoms with Crippen LogP contribution in [0.2, 0.25) is 0 Å². The molecule has 0 aliphatic rings. The second kappa shape index (κ2) is 59.2. The maximum Gasteiger partial charge on any atom is 0 e. The summed E-state index contributed by atoms with van der Waals surface area (Å²) in [5, 5.41) is 0. The third kappa shape index (κ3) is 44.4. The van der Waals surface area contributed by atoms with Crippen LogP contribution in [0.15, 0.2) is 0 Å². The predicted molar refractivity (Wildman–Crippen MR) is 160 cm³/mol. The molecule has 0 bridgehead atoms. The van der Waals surface area contributed by atoms with E-state index in [0.717, 1.165) is 23.7 Å². The summed E-state index contributed by atoms with van der Waals surface area (Å²) >= 11 is 0. The number of unbranched alkanes of at least 4 members (excludes halogenated alkanes) is 3. The van der Waals surface area contributed by atoms with Gasteiger partial charge in [-0.2, -0.15) is 0 Å². The summed E-state index contributed by atoms with van der Waals surface area (Å²) in [5.41, 5.74) is 0. The highest BCUT2D eigenvalue weighted by Crippen LogP contribution is 2.33. The summed E-state index contributed by atoms with van der Waals surface area (Å²) in [7, 11) is 0. The Labute approximate surface area is 226 Å². The Morgan fingerprint density at radius 2 is 0.629 bits per heavy atom. The summed E-state index contributed by atoms with van der Waals surface area (Å²) < 4.78 is 0. The highest BCUT2D eigenvalue weighted by Gasteiger charge is 2.20. The fourth-order valence-electron chi connectivity index (χ4n) is 4.28. The molecule has 2 unspecified atom stereocenters. The van der Waals surface area contributed by atoms with Crippen LogP contribution in [0.25, 0.3) is 0 Å². The zero-order valence-electron chi connectivity index (χ0n) is 23.8. The molecule has 12 heteroatoms. The van der Waals surface area contributed by atoms with Crippen molar-refractivity contribution in [2.45, 2.75) is 125 Å². The van der Waals surface area contributed by atoms with Crippen molar-refractivity contribution in [3.8, 4) is 0 Å². The van der Waals surface area contributed by atoms with Crippen LogP contribution in [0.5, 0.6) is 0 Å². The van der Waals surface area contributed by atoms with Gasteiger partial charge in [0.15, 0.2) is 0 Å². The number of hydrogen-bond acceptors (Lipinski definition) is 0. The fourth-order valence-corrected chi connectivity index (χ4v) is 4.28. The second-order valence-electron chi connectivity index (χ2n) is 8.06. The molecule has 0 rings (SSSR count). The van der Waals surface area contributed by atoms with E-state index >= 15 is 0 Å². The smallest absolute Gasteiger partial charge is 0 e. The van der Waals surface area contributed by atoms with Gasteiger partial charge in [-0.05, 0) is 42.9 Å². The predicted octanol–water partition coefficient (Wildman–Crippen LogP) is 0.521. The van der Waals surface area contributed by atoms with Gasteiger partial charge in [0.1, 0.15) is 0 Å². The summed E-state index contributed by atoms with van der Waals surface area (Å²) in [6.45, 7) is 14.3. The standard InChI is InChI=1S/C23H48.4B.8H2O/c1-7-13-14-15-16-23(18-21(10-4)11-5)19-22(12-6)17-20(8-2)9-3;;;;;;;;;;;;/h20-23H,7-19H2,1-6H3;;;;;8*1H2. The first kappa shape index (κ1) is 83.6. The Bertz CT molecular complexity index is 268. The third-order valence-electron chi connectivity index (χ3n) is 6.35. The lowest BCUT2D eigenvalue weighted by Gasteiger charge is -2.28. The Kier molecular flexibility index (Phi) is 141. The quantitative estimate of drug-likeness (QED) is 0.203. The molecular formula is C23H64B4O8. The van der Waals surface area contributed by atoms with Gasteiger partial charge in [0.05, 0.1) is 0 Å². The van der Waals surface area contributed by atoms with Crippen LogP contribution in [-0.2, 0) is 0 Å². The van der Waals surface area contributed by atoms with Crippen molar-refractivity contribution < 1.29 is 43.8 Å². The van der Waals surface area contributed by atoms with Gasteiger partial charge < -0.3 is 43.8 Å². The molecule has 0 aromatic carbocycles. The van der Waals surface area contributed by atoms with E-state index in [0.29, 0.717) is 0 Å². The maximum absolute atomic E-state index is 2.43. The van der Waals surface area contributed by atoms with E-state index in [-0.39, 0.29) is 77.5 Å². The monoisotopic (exact) mass is 512 g/mol. The molecule has 0 spiro atoms. The minimum Gasteiger partial charge on any atom is -0.412 e. The molecule has 8 nitrogen and oxygen atoms in total. The average molecular weight is 512 g/mol. The molecule has 12 radical (unpaired) electrons. The maximum atomic E-state index is 2.43. The number of hydrogen-bond donors (Lipinski definition) is 0. The van der Waals surface area contributed by atoms with Crippen LogP contribution < -0.4 is 0 Å². The van der Waals surface area contributed by atoms with Crippen molar-refractivity contribution in [1.82, 2.24) is 0 Å². The van der Waals surface area contributed by atoms with Crippen LogP contribution in [0.1, 0.15) is 125 Å². The van der Waals surface area contributed by atoms with Crippen molar-refractivity contribution >= 4 is 33.7 Å². The normalized spacial score (nSPS) is 9.60. The number of rotatable bonds is 16. The van der Waals surface area contributed by atoms with Crippen molar-refractivity contribution in [3.05, 3.63) is 0 Å². The fraction of sp³-hybridized carbons (Fsp3) is 1.00. The molecule has 0 aromatic heterocycles. The lowest BCUT2D eigenvalue weighted by Crippen LogP contribution is -2.15. The lowest BCUT2D eigenvalue weighted by atomic mass is 9.78. The molecule has 0 aliphatic heterocycles. The highest BCUT2D eigenvalue weighted by molar-refractivity contribution is 5.76. The molecule has 16 N–H and O–H groups in total. The molecule has 0 aliphatic carbocycles. The molecule has 0 saturated carbocycles. The van der Waals surface area contributed by atoms with Crippen LogP contribution in [0.3, 0.4) is 0 Å². The molecule has 0 saturated heterocycles. The zero-order chi connectivity index (χ0) is 17.5. The molecule has 0 amide bonds. The molecule has 0 fully saturated rings. The molecular weight excluding hydrogens is 447 g/mol. The average Bonchev–Trinajstić information content (AvgIpc) is 2.59. The molecule has 216 valence electrons. The van der Waals surface area contributed by atoms with E-state index in [4.69, 9.17) is 0 Å². The van der Waals surface area contributed by atoms with Crippen LogP contribution in [0, 0.1) is 23.7 Å². The van der Waals surface area contributed by atoms with Gasteiger partial charge in [-0.3, -0.25) is 0 Å². The summed E-state index contributed by atoms with van der Waals surface area (Å²) in [4.78, 5) is 0. The molecule has 0 heterocycles. The second-order valence-corrected chi connectivity index (χ2v) is 8.06. The SMILES string of the molecule is CCCCCCC(CC(CC)CC)CC(CC)CC(CC)CC.O.O.O.O.O.O.O.O.[B].[B].[B].[B]. The van der Waals surface area contributed by atoms with Crippen molar-refractivity contribution in [2.24, 2.45) is 23.7 Å². The zero-order valence-corrected chi connectivity index (χ0v) is 23.8. The van der Waals surface area contributed by atoms with Gasteiger partial charge in [0.2, 0.25) is 0 Å². The molecule has 35 heavy (non-hydrogen) atoms. The van der Waals surface area contributed by atoms with Gasteiger partial charge in [0.25, 0.3) is 0 Å². The van der Waals surface area contributed by atoms with Gasteiger partial charge in [-0.15, -0.1) is 0 Å². The Hall–Kier alpha value is -0.0603. The first-order chi connectivity index (χ1) is 11.1. The Morgan fingerprint density at radius 3 is 0.914 bits per heavy atom. The topological polar surface area (TPSA) is 252 Å². The molecule has 0 aromatic rings. The molecule has 2 atom stereocenters. The van der Waals surface area contributed by atoms with E-state index in [1.807, 2.05) is 0 Å². The minimum atomic E-state index is 0. The lowest BCUT2D eigenvalue weighted by molar-refractivity contribution is 0.239. The summed E-state index contributed by atoms with van der Waals surface area (Å²) in [6, 6.07) is 0. The first-order valence-electron chi connectivity index (χ1n) is 11.1. The van der Waals surface area contributed by atoms with E-state index in [1.54, 1.807) is 0 Å². The van der Waals surface area contributed by atoms with E-state index in [1.165, 1.54) is 83.5 Å². The Balaban J connectivity index is -0.0000000367.